The normalized spacial score (nSPS) is 11.0. The summed E-state index contributed by atoms with van der Waals surface area (Å²) in [7, 11) is 1.56. The standard InChI is InChI=1S/C16H16BrF2N3O2.HI/c1-23-13-4-2-3-12(8-13)22-16(20)21-9-10-7-11(17)5-6-14(10)24-15(18)19;/h2-8,15H,9H2,1H3,(H3,20,21,22);1H. The molecule has 2 aromatic carbocycles. The third kappa shape index (κ3) is 7.02. The molecule has 0 saturated heterocycles. The lowest BCUT2D eigenvalue weighted by atomic mass is 10.2. The summed E-state index contributed by atoms with van der Waals surface area (Å²) in [6, 6.07) is 11.9. The van der Waals surface area contributed by atoms with Crippen molar-refractivity contribution in [1.29, 1.82) is 0 Å². The van der Waals surface area contributed by atoms with Crippen LogP contribution in [0.25, 0.3) is 0 Å². The molecule has 0 spiro atoms. The Hall–Kier alpha value is -1.62. The summed E-state index contributed by atoms with van der Waals surface area (Å²) in [5.41, 5.74) is 7.02. The van der Waals surface area contributed by atoms with E-state index in [2.05, 4.69) is 31.0 Å². The van der Waals surface area contributed by atoms with Crippen molar-refractivity contribution < 1.29 is 18.3 Å². The molecule has 2 aromatic rings. The van der Waals surface area contributed by atoms with Gasteiger partial charge in [0.15, 0.2) is 5.96 Å². The van der Waals surface area contributed by atoms with Crippen LogP contribution in [0.5, 0.6) is 11.5 Å². The minimum Gasteiger partial charge on any atom is -0.497 e. The van der Waals surface area contributed by atoms with Gasteiger partial charge in [0.25, 0.3) is 0 Å². The second kappa shape index (κ2) is 10.4. The second-order valence-corrected chi connectivity index (χ2v) is 5.60. The first-order valence-electron chi connectivity index (χ1n) is 6.92. The number of ether oxygens (including phenoxy) is 2. The van der Waals surface area contributed by atoms with E-state index in [1.807, 2.05) is 0 Å². The smallest absolute Gasteiger partial charge is 0.387 e. The van der Waals surface area contributed by atoms with E-state index in [0.29, 0.717) is 17.0 Å². The van der Waals surface area contributed by atoms with Crippen LogP contribution in [0.1, 0.15) is 5.56 Å². The van der Waals surface area contributed by atoms with Gasteiger partial charge in [-0.05, 0) is 30.3 Å². The van der Waals surface area contributed by atoms with Gasteiger partial charge < -0.3 is 20.5 Å². The number of nitrogens with two attached hydrogens (primary N) is 1. The number of aliphatic imine (C=N–C) groups is 1. The number of hydrogen-bond donors (Lipinski definition) is 2. The van der Waals surface area contributed by atoms with E-state index in [0.717, 1.165) is 4.47 Å². The monoisotopic (exact) mass is 527 g/mol. The molecule has 0 atom stereocenters. The molecule has 0 radical (unpaired) electrons. The quantitative estimate of drug-likeness (QED) is 0.327. The number of benzene rings is 2. The summed E-state index contributed by atoms with van der Waals surface area (Å²) in [6.45, 7) is -2.81. The van der Waals surface area contributed by atoms with Gasteiger partial charge in [-0.1, -0.05) is 22.0 Å². The number of methoxy groups -OCH3 is 1. The molecule has 0 aliphatic rings. The second-order valence-electron chi connectivity index (χ2n) is 4.69. The number of guanidine groups is 1. The Morgan fingerprint density at radius 1 is 1.28 bits per heavy atom. The van der Waals surface area contributed by atoms with Gasteiger partial charge in [-0.3, -0.25) is 0 Å². The topological polar surface area (TPSA) is 68.9 Å². The maximum Gasteiger partial charge on any atom is 0.387 e. The van der Waals surface area contributed by atoms with Gasteiger partial charge in [-0.25, -0.2) is 4.99 Å². The van der Waals surface area contributed by atoms with Crippen LogP contribution in [0.3, 0.4) is 0 Å². The van der Waals surface area contributed by atoms with Gasteiger partial charge in [0, 0.05) is 21.8 Å². The molecule has 0 aliphatic heterocycles. The highest BCUT2D eigenvalue weighted by atomic mass is 127. The Kier molecular flexibility index (Phi) is 8.90. The van der Waals surface area contributed by atoms with Gasteiger partial charge in [-0.15, -0.1) is 24.0 Å². The van der Waals surface area contributed by atoms with Crippen LogP contribution >= 0.6 is 39.9 Å². The predicted molar refractivity (Wildman–Crippen MR) is 108 cm³/mol. The van der Waals surface area contributed by atoms with E-state index >= 15 is 0 Å². The summed E-state index contributed by atoms with van der Waals surface area (Å²) in [5.74, 6) is 0.879. The van der Waals surface area contributed by atoms with Crippen LogP contribution in [-0.4, -0.2) is 19.7 Å². The molecule has 0 heterocycles. The molecule has 5 nitrogen and oxygen atoms in total. The van der Waals surface area contributed by atoms with Crippen LogP contribution in [0.2, 0.25) is 0 Å². The van der Waals surface area contributed by atoms with Crippen LogP contribution in [0.4, 0.5) is 14.5 Å². The molecule has 0 unspecified atom stereocenters. The highest BCUT2D eigenvalue weighted by Crippen LogP contribution is 2.25. The average Bonchev–Trinajstić information content (AvgIpc) is 2.55. The van der Waals surface area contributed by atoms with E-state index in [1.54, 1.807) is 43.5 Å². The van der Waals surface area contributed by atoms with Crippen molar-refractivity contribution >= 4 is 51.6 Å². The molecular weight excluding hydrogens is 511 g/mol. The maximum atomic E-state index is 12.4. The molecule has 0 saturated carbocycles. The third-order valence-electron chi connectivity index (χ3n) is 3.00. The van der Waals surface area contributed by atoms with Gasteiger partial charge in [0.1, 0.15) is 11.5 Å². The fourth-order valence-electron chi connectivity index (χ4n) is 1.94. The Balaban J connectivity index is 0.00000312. The lowest BCUT2D eigenvalue weighted by molar-refractivity contribution is -0.0504. The van der Waals surface area contributed by atoms with E-state index < -0.39 is 6.61 Å². The Labute approximate surface area is 169 Å². The van der Waals surface area contributed by atoms with E-state index in [9.17, 15) is 8.78 Å². The van der Waals surface area contributed by atoms with Crippen LogP contribution < -0.4 is 20.5 Å². The molecule has 25 heavy (non-hydrogen) atoms. The predicted octanol–water partition coefficient (Wildman–Crippen LogP) is 4.60. The van der Waals surface area contributed by atoms with Crippen molar-refractivity contribution in [1.82, 2.24) is 0 Å². The molecule has 0 aliphatic carbocycles. The van der Waals surface area contributed by atoms with Crippen molar-refractivity contribution in [2.45, 2.75) is 13.2 Å². The molecule has 0 aromatic heterocycles. The number of nitrogens with one attached hydrogen (secondary N) is 1. The number of hydrogen-bond acceptors (Lipinski definition) is 3. The number of halogens is 4. The van der Waals surface area contributed by atoms with Crippen molar-refractivity contribution in [2.75, 3.05) is 12.4 Å². The lowest BCUT2D eigenvalue weighted by Crippen LogP contribution is -2.22. The summed E-state index contributed by atoms with van der Waals surface area (Å²) < 4.78 is 35.2. The maximum absolute atomic E-state index is 12.4. The van der Waals surface area contributed by atoms with Crippen molar-refractivity contribution in [3.05, 3.63) is 52.5 Å². The van der Waals surface area contributed by atoms with Crippen LogP contribution in [0, 0.1) is 0 Å². The van der Waals surface area contributed by atoms with Crippen LogP contribution in [0.15, 0.2) is 51.9 Å². The first-order valence-corrected chi connectivity index (χ1v) is 7.71. The molecule has 136 valence electrons. The highest BCUT2D eigenvalue weighted by Gasteiger charge is 2.10. The van der Waals surface area contributed by atoms with E-state index in [1.165, 1.54) is 6.07 Å². The first kappa shape index (κ1) is 21.4. The highest BCUT2D eigenvalue weighted by molar-refractivity contribution is 14.0. The van der Waals surface area contributed by atoms with E-state index in [-0.39, 0.29) is 42.2 Å². The zero-order valence-electron chi connectivity index (χ0n) is 13.2. The zero-order valence-corrected chi connectivity index (χ0v) is 17.1. The molecule has 9 heteroatoms. The fraction of sp³-hybridized carbons (Fsp3) is 0.188. The molecule has 3 N–H and O–H groups in total. The summed E-state index contributed by atoms with van der Waals surface area (Å²) >= 11 is 3.29. The fourth-order valence-corrected chi connectivity index (χ4v) is 2.35. The average molecular weight is 528 g/mol. The summed E-state index contributed by atoms with van der Waals surface area (Å²) in [4.78, 5) is 4.15. The molecular formula is C16H17BrF2IN3O2. The molecule has 2 rings (SSSR count). The Morgan fingerprint density at radius 2 is 2.04 bits per heavy atom. The van der Waals surface area contributed by atoms with Crippen molar-refractivity contribution in [2.24, 2.45) is 10.7 Å². The van der Waals surface area contributed by atoms with Crippen molar-refractivity contribution in [3.63, 3.8) is 0 Å². The van der Waals surface area contributed by atoms with Gasteiger partial charge in [0.05, 0.1) is 13.7 Å². The number of alkyl halides is 2. The SMILES string of the molecule is COc1cccc(NC(N)=NCc2cc(Br)ccc2OC(F)F)c1.I. The molecule has 0 bridgehead atoms. The Bertz CT molecular complexity index is 732. The Morgan fingerprint density at radius 3 is 2.72 bits per heavy atom. The summed E-state index contributed by atoms with van der Waals surface area (Å²) in [5, 5.41) is 2.91. The van der Waals surface area contributed by atoms with Gasteiger partial charge in [0.2, 0.25) is 0 Å². The van der Waals surface area contributed by atoms with Gasteiger partial charge >= 0.3 is 6.61 Å². The molecule has 0 amide bonds. The van der Waals surface area contributed by atoms with Crippen LogP contribution in [-0.2, 0) is 6.54 Å². The number of anilines is 1. The third-order valence-corrected chi connectivity index (χ3v) is 3.49. The number of nitrogens with zero attached hydrogens (tertiary/aromatic N) is 1. The first-order chi connectivity index (χ1) is 11.5. The molecule has 0 fully saturated rings. The zero-order chi connectivity index (χ0) is 17.5. The summed E-state index contributed by atoms with van der Waals surface area (Å²) in [6.07, 6.45) is 0. The number of rotatable bonds is 6. The van der Waals surface area contributed by atoms with Crippen molar-refractivity contribution in [3.8, 4) is 11.5 Å². The minimum absolute atomic E-state index is 0. The van der Waals surface area contributed by atoms with Gasteiger partial charge in [-0.2, -0.15) is 8.78 Å². The lowest BCUT2D eigenvalue weighted by Gasteiger charge is -2.11. The largest absolute Gasteiger partial charge is 0.497 e. The van der Waals surface area contributed by atoms with E-state index in [4.69, 9.17) is 10.5 Å². The minimum atomic E-state index is -2.90.